The van der Waals surface area contributed by atoms with Crippen LogP contribution >= 0.6 is 0 Å². The number of ether oxygens (including phenoxy) is 1. The number of hydrogen-bond acceptors (Lipinski definition) is 6. The first kappa shape index (κ1) is 17.5. The van der Waals surface area contributed by atoms with Crippen LogP contribution in [0.5, 0.6) is 0 Å². The number of hydrogen-bond donors (Lipinski definition) is 0. The molecule has 2 aromatic rings. The largest absolute Gasteiger partial charge is 0.467 e. The summed E-state index contributed by atoms with van der Waals surface area (Å²) >= 11 is 0. The van der Waals surface area contributed by atoms with E-state index in [1.807, 2.05) is 6.07 Å². The van der Waals surface area contributed by atoms with Crippen molar-refractivity contribution in [3.05, 3.63) is 58.0 Å². The highest BCUT2D eigenvalue weighted by molar-refractivity contribution is 5.82. The van der Waals surface area contributed by atoms with Gasteiger partial charge in [-0.25, -0.2) is 0 Å². The lowest BCUT2D eigenvalue weighted by Gasteiger charge is -2.46. The zero-order chi connectivity index (χ0) is 19.0. The van der Waals surface area contributed by atoms with E-state index in [1.165, 1.54) is 6.07 Å². The summed E-state index contributed by atoms with van der Waals surface area (Å²) < 4.78 is 11.0. The third-order valence-corrected chi connectivity index (χ3v) is 5.32. The van der Waals surface area contributed by atoms with Crippen LogP contribution in [0.2, 0.25) is 0 Å². The molecule has 0 saturated carbocycles. The molecule has 0 unspecified atom stereocenters. The lowest BCUT2D eigenvalue weighted by atomic mass is 9.84. The van der Waals surface area contributed by atoms with Crippen LogP contribution < -0.4 is 4.90 Å². The number of benzene rings is 1. The number of nitrogens with zero attached hydrogens (tertiary/aromatic N) is 3. The minimum atomic E-state index is -0.397. The first-order valence-corrected chi connectivity index (χ1v) is 8.93. The van der Waals surface area contributed by atoms with Crippen LogP contribution in [0.25, 0.3) is 0 Å². The fourth-order valence-electron chi connectivity index (χ4n) is 4.01. The predicted octanol–water partition coefficient (Wildman–Crippen LogP) is 2.22. The standard InChI is InChI=1S/C19H21N3O5/c1-20(11-15-3-2-7-27-15)19(23)16-10-13-9-14(22(24)25)4-5-17(13)21-6-8-26-12-18(16)21/h2-5,7,9,16,18H,6,8,10-12H2,1H3/t16-,18-/m1/s1. The quantitative estimate of drug-likeness (QED) is 0.605. The van der Waals surface area contributed by atoms with Crippen molar-refractivity contribution in [1.82, 2.24) is 4.90 Å². The van der Waals surface area contributed by atoms with Gasteiger partial charge in [0.2, 0.25) is 5.91 Å². The molecule has 142 valence electrons. The maximum absolute atomic E-state index is 13.2. The normalized spacial score (nSPS) is 21.3. The number of nitro groups is 1. The Morgan fingerprint density at radius 2 is 2.26 bits per heavy atom. The van der Waals surface area contributed by atoms with Gasteiger partial charge in [-0.15, -0.1) is 0 Å². The average Bonchev–Trinajstić information content (AvgIpc) is 3.19. The second-order valence-corrected chi connectivity index (χ2v) is 6.99. The van der Waals surface area contributed by atoms with E-state index in [0.29, 0.717) is 32.7 Å². The minimum absolute atomic E-state index is 0.0101. The van der Waals surface area contributed by atoms with Crippen molar-refractivity contribution in [3.8, 4) is 0 Å². The summed E-state index contributed by atoms with van der Waals surface area (Å²) in [6.45, 7) is 2.11. The fourth-order valence-corrected chi connectivity index (χ4v) is 4.01. The number of non-ortho nitro benzene ring substituents is 1. The highest BCUT2D eigenvalue weighted by Gasteiger charge is 2.41. The Bertz CT molecular complexity index is 851. The summed E-state index contributed by atoms with van der Waals surface area (Å²) in [5, 5.41) is 11.2. The van der Waals surface area contributed by atoms with Crippen molar-refractivity contribution in [2.45, 2.75) is 19.0 Å². The first-order valence-electron chi connectivity index (χ1n) is 8.93. The van der Waals surface area contributed by atoms with Crippen molar-refractivity contribution in [2.75, 3.05) is 31.7 Å². The van der Waals surface area contributed by atoms with Gasteiger partial charge in [0.1, 0.15) is 5.76 Å². The topological polar surface area (TPSA) is 89.1 Å². The summed E-state index contributed by atoms with van der Waals surface area (Å²) in [4.78, 5) is 27.7. The van der Waals surface area contributed by atoms with Crippen LogP contribution in [0.3, 0.4) is 0 Å². The Kier molecular flexibility index (Phi) is 4.57. The Labute approximate surface area is 156 Å². The number of carbonyl (C=O) groups is 1. The van der Waals surface area contributed by atoms with Crippen molar-refractivity contribution in [2.24, 2.45) is 5.92 Å². The number of nitro benzene ring substituents is 1. The molecule has 0 aliphatic carbocycles. The van der Waals surface area contributed by atoms with Gasteiger partial charge in [0.05, 0.1) is 42.9 Å². The van der Waals surface area contributed by atoms with Crippen LogP contribution in [-0.2, 0) is 22.5 Å². The molecule has 2 atom stereocenters. The van der Waals surface area contributed by atoms with Crippen molar-refractivity contribution < 1.29 is 18.9 Å². The SMILES string of the molecule is CN(Cc1ccco1)C(=O)[C@@H]1Cc2cc([N+](=O)[O-])ccc2N2CCOC[C@H]12. The lowest BCUT2D eigenvalue weighted by molar-refractivity contribution is -0.384. The van der Waals surface area contributed by atoms with E-state index in [-0.39, 0.29) is 23.6 Å². The second kappa shape index (κ2) is 7.03. The van der Waals surface area contributed by atoms with Gasteiger partial charge < -0.3 is 19.0 Å². The molecule has 3 heterocycles. The summed E-state index contributed by atoms with van der Waals surface area (Å²) in [6.07, 6.45) is 2.04. The summed E-state index contributed by atoms with van der Waals surface area (Å²) in [5.41, 5.74) is 1.86. The molecule has 0 N–H and O–H groups in total. The van der Waals surface area contributed by atoms with E-state index in [0.717, 1.165) is 17.0 Å². The van der Waals surface area contributed by atoms with Gasteiger partial charge in [0, 0.05) is 31.4 Å². The Morgan fingerprint density at radius 1 is 1.41 bits per heavy atom. The molecule has 2 aliphatic rings. The number of amides is 1. The lowest BCUT2D eigenvalue weighted by Crippen LogP contribution is -2.56. The molecule has 0 radical (unpaired) electrons. The number of fused-ring (bicyclic) bond motifs is 3. The molecule has 2 aliphatic heterocycles. The molecular weight excluding hydrogens is 350 g/mol. The summed E-state index contributed by atoms with van der Waals surface area (Å²) in [7, 11) is 1.75. The van der Waals surface area contributed by atoms with Crippen LogP contribution in [0.4, 0.5) is 11.4 Å². The molecule has 1 saturated heterocycles. The zero-order valence-electron chi connectivity index (χ0n) is 15.0. The van der Waals surface area contributed by atoms with E-state index in [1.54, 1.807) is 36.4 Å². The second-order valence-electron chi connectivity index (χ2n) is 6.99. The van der Waals surface area contributed by atoms with E-state index < -0.39 is 4.92 Å². The number of furan rings is 1. The smallest absolute Gasteiger partial charge is 0.269 e. The van der Waals surface area contributed by atoms with E-state index in [2.05, 4.69) is 4.90 Å². The molecule has 1 fully saturated rings. The summed E-state index contributed by atoms with van der Waals surface area (Å²) in [5.74, 6) is 0.387. The Morgan fingerprint density at radius 3 is 3.00 bits per heavy atom. The molecule has 1 amide bonds. The van der Waals surface area contributed by atoms with Gasteiger partial charge in [-0.2, -0.15) is 0 Å². The number of carbonyl (C=O) groups excluding carboxylic acids is 1. The zero-order valence-corrected chi connectivity index (χ0v) is 15.0. The van der Waals surface area contributed by atoms with E-state index in [4.69, 9.17) is 9.15 Å². The molecule has 0 spiro atoms. The highest BCUT2D eigenvalue weighted by atomic mass is 16.6. The predicted molar refractivity (Wildman–Crippen MR) is 97.4 cm³/mol. The third-order valence-electron chi connectivity index (χ3n) is 5.32. The Balaban J connectivity index is 1.63. The van der Waals surface area contributed by atoms with Gasteiger partial charge in [-0.05, 0) is 30.2 Å². The molecule has 8 heteroatoms. The van der Waals surface area contributed by atoms with Gasteiger partial charge in [-0.3, -0.25) is 14.9 Å². The molecule has 8 nitrogen and oxygen atoms in total. The van der Waals surface area contributed by atoms with E-state index in [9.17, 15) is 14.9 Å². The number of morpholine rings is 1. The average molecular weight is 371 g/mol. The van der Waals surface area contributed by atoms with Gasteiger partial charge in [0.25, 0.3) is 5.69 Å². The maximum Gasteiger partial charge on any atom is 0.269 e. The monoisotopic (exact) mass is 371 g/mol. The Hall–Kier alpha value is -2.87. The first-order chi connectivity index (χ1) is 13.0. The van der Waals surface area contributed by atoms with Crippen LogP contribution in [0, 0.1) is 16.0 Å². The minimum Gasteiger partial charge on any atom is -0.467 e. The van der Waals surface area contributed by atoms with Crippen LogP contribution in [0.1, 0.15) is 11.3 Å². The maximum atomic E-state index is 13.2. The highest BCUT2D eigenvalue weighted by Crippen LogP contribution is 2.38. The molecule has 4 rings (SSSR count). The van der Waals surface area contributed by atoms with E-state index >= 15 is 0 Å². The number of anilines is 1. The van der Waals surface area contributed by atoms with Gasteiger partial charge >= 0.3 is 0 Å². The molecule has 0 bridgehead atoms. The molecule has 27 heavy (non-hydrogen) atoms. The van der Waals surface area contributed by atoms with Crippen LogP contribution in [-0.4, -0.2) is 48.6 Å². The van der Waals surface area contributed by atoms with Crippen molar-refractivity contribution >= 4 is 17.3 Å². The molecule has 1 aromatic heterocycles. The molecular formula is C19H21N3O5. The summed E-state index contributed by atoms with van der Waals surface area (Å²) in [6, 6.07) is 8.46. The fraction of sp³-hybridized carbons (Fsp3) is 0.421. The van der Waals surface area contributed by atoms with Gasteiger partial charge in [-0.1, -0.05) is 0 Å². The third kappa shape index (κ3) is 3.28. The number of rotatable bonds is 4. The van der Waals surface area contributed by atoms with Gasteiger partial charge in [0.15, 0.2) is 0 Å². The van der Waals surface area contributed by atoms with Crippen LogP contribution in [0.15, 0.2) is 41.0 Å². The van der Waals surface area contributed by atoms with Crippen molar-refractivity contribution in [1.29, 1.82) is 0 Å². The molecule has 1 aromatic carbocycles. The van der Waals surface area contributed by atoms with Crippen molar-refractivity contribution in [3.63, 3.8) is 0 Å².